The predicted octanol–water partition coefficient (Wildman–Crippen LogP) is 1.55. The van der Waals surface area contributed by atoms with E-state index < -0.39 is 24.3 Å². The van der Waals surface area contributed by atoms with Gasteiger partial charge in [0.25, 0.3) is 5.91 Å². The van der Waals surface area contributed by atoms with Gasteiger partial charge in [-0.2, -0.15) is 0 Å². The summed E-state index contributed by atoms with van der Waals surface area (Å²) in [5, 5.41) is 2.67. The van der Waals surface area contributed by atoms with Crippen LogP contribution in [0.3, 0.4) is 0 Å². The summed E-state index contributed by atoms with van der Waals surface area (Å²) in [5.41, 5.74) is 0.388. The molecule has 1 aromatic carbocycles. The van der Waals surface area contributed by atoms with Crippen molar-refractivity contribution in [3.05, 3.63) is 34.5 Å². The van der Waals surface area contributed by atoms with Crippen LogP contribution in [-0.4, -0.2) is 57.0 Å². The third-order valence-corrected chi connectivity index (χ3v) is 4.68. The van der Waals surface area contributed by atoms with Crippen LogP contribution in [0.15, 0.2) is 18.2 Å². The molecule has 2 amide bonds. The molecule has 0 unspecified atom stereocenters. The van der Waals surface area contributed by atoms with Crippen molar-refractivity contribution in [2.45, 2.75) is 6.61 Å². The van der Waals surface area contributed by atoms with E-state index in [2.05, 4.69) is 5.32 Å². The lowest BCUT2D eigenvalue weighted by atomic mass is 10.1. The molecule has 140 valence electrons. The van der Waals surface area contributed by atoms with Gasteiger partial charge in [0.1, 0.15) is 10.7 Å². The molecule has 0 aliphatic carbocycles. The summed E-state index contributed by atoms with van der Waals surface area (Å²) in [4.78, 5) is 37.0. The van der Waals surface area contributed by atoms with Crippen molar-refractivity contribution in [2.24, 2.45) is 0 Å². The minimum absolute atomic E-state index is 0.0366. The first-order valence-electron chi connectivity index (χ1n) is 7.68. The van der Waals surface area contributed by atoms with Gasteiger partial charge in [-0.1, -0.05) is 6.07 Å². The molecule has 0 saturated heterocycles. The molecule has 7 nitrogen and oxygen atoms in total. The highest BCUT2D eigenvalue weighted by Crippen LogP contribution is 2.34. The summed E-state index contributed by atoms with van der Waals surface area (Å²) in [6.45, 7) is -0.690. The summed E-state index contributed by atoms with van der Waals surface area (Å²) in [6, 6.07) is 4.55. The van der Waals surface area contributed by atoms with Crippen LogP contribution in [0.25, 0.3) is 10.1 Å². The van der Waals surface area contributed by atoms with Crippen LogP contribution in [0.4, 0.5) is 4.39 Å². The van der Waals surface area contributed by atoms with Crippen molar-refractivity contribution in [3.8, 4) is 0 Å². The van der Waals surface area contributed by atoms with Crippen molar-refractivity contribution >= 4 is 39.2 Å². The highest BCUT2D eigenvalue weighted by Gasteiger charge is 2.22. The number of amides is 2. The van der Waals surface area contributed by atoms with Gasteiger partial charge in [0, 0.05) is 36.9 Å². The topological polar surface area (TPSA) is 84.9 Å². The molecular formula is C17H19FN2O5S. The lowest BCUT2D eigenvalue weighted by molar-refractivity contribution is -0.131. The van der Waals surface area contributed by atoms with E-state index in [0.29, 0.717) is 15.6 Å². The van der Waals surface area contributed by atoms with Gasteiger partial charge in [0.2, 0.25) is 5.91 Å². The zero-order valence-corrected chi connectivity index (χ0v) is 15.4. The Morgan fingerprint density at radius 2 is 2.00 bits per heavy atom. The Kier molecular flexibility index (Phi) is 6.64. The third-order valence-electron chi connectivity index (χ3n) is 3.51. The first-order chi connectivity index (χ1) is 12.3. The van der Waals surface area contributed by atoms with Crippen molar-refractivity contribution in [2.75, 3.05) is 34.4 Å². The lowest BCUT2D eigenvalue weighted by Crippen LogP contribution is -2.38. The number of carbonyl (C=O) groups excluding carboxylic acids is 3. The molecule has 1 aromatic heterocycles. The Hall–Kier alpha value is -2.52. The molecule has 0 atom stereocenters. The molecule has 1 N–H and O–H groups in total. The van der Waals surface area contributed by atoms with E-state index >= 15 is 0 Å². The number of rotatable bonds is 7. The average Bonchev–Trinajstić information content (AvgIpc) is 2.97. The standard InChI is InChI=1S/C17H19FN2O5S/c1-20(2)14(22)7-19-13(21)9-25-17(23)16-10(8-24-3)15-11(18)5-4-6-12(15)26-16/h4-6H,7-9H2,1-3H3,(H,19,21). The maximum absolute atomic E-state index is 14.1. The fourth-order valence-corrected chi connectivity index (χ4v) is 3.31. The van der Waals surface area contributed by atoms with Gasteiger partial charge in [0.15, 0.2) is 6.61 Å². The Balaban J connectivity index is 2.07. The summed E-state index contributed by atoms with van der Waals surface area (Å²) < 4.78 is 24.7. The number of nitrogens with one attached hydrogen (secondary N) is 1. The highest BCUT2D eigenvalue weighted by molar-refractivity contribution is 7.21. The van der Waals surface area contributed by atoms with E-state index in [-0.39, 0.29) is 23.9 Å². The van der Waals surface area contributed by atoms with E-state index in [1.807, 2.05) is 0 Å². The van der Waals surface area contributed by atoms with Gasteiger partial charge in [-0.15, -0.1) is 11.3 Å². The second-order valence-corrected chi connectivity index (χ2v) is 6.65. The smallest absolute Gasteiger partial charge is 0.349 e. The molecule has 0 spiro atoms. The van der Waals surface area contributed by atoms with Gasteiger partial charge in [-0.25, -0.2) is 9.18 Å². The van der Waals surface area contributed by atoms with Crippen LogP contribution < -0.4 is 5.32 Å². The first-order valence-corrected chi connectivity index (χ1v) is 8.49. The van der Waals surface area contributed by atoms with E-state index in [4.69, 9.17) is 9.47 Å². The monoisotopic (exact) mass is 382 g/mol. The number of nitrogens with zero attached hydrogens (tertiary/aromatic N) is 1. The number of halogens is 1. The first kappa shape index (κ1) is 19.8. The number of hydrogen-bond donors (Lipinski definition) is 1. The fourth-order valence-electron chi connectivity index (χ4n) is 2.19. The maximum Gasteiger partial charge on any atom is 0.349 e. The molecule has 0 fully saturated rings. The Bertz CT molecular complexity index is 834. The van der Waals surface area contributed by atoms with Crippen LogP contribution in [0.5, 0.6) is 0 Å². The lowest BCUT2D eigenvalue weighted by Gasteiger charge is -2.11. The van der Waals surface area contributed by atoms with Gasteiger partial charge in [-0.05, 0) is 12.1 Å². The Labute approximate surface area is 153 Å². The molecule has 26 heavy (non-hydrogen) atoms. The maximum atomic E-state index is 14.1. The number of ether oxygens (including phenoxy) is 2. The van der Waals surface area contributed by atoms with Gasteiger partial charge < -0.3 is 19.7 Å². The second kappa shape index (κ2) is 8.72. The molecule has 0 bridgehead atoms. The van der Waals surface area contributed by atoms with E-state index in [9.17, 15) is 18.8 Å². The zero-order valence-electron chi connectivity index (χ0n) is 14.6. The summed E-state index contributed by atoms with van der Waals surface area (Å²) >= 11 is 1.07. The van der Waals surface area contributed by atoms with Crippen molar-refractivity contribution in [1.29, 1.82) is 0 Å². The van der Waals surface area contributed by atoms with Crippen LogP contribution >= 0.6 is 11.3 Å². The number of hydrogen-bond acceptors (Lipinski definition) is 6. The molecule has 1 heterocycles. The average molecular weight is 382 g/mol. The molecule has 0 aliphatic rings. The number of methoxy groups -OCH3 is 1. The van der Waals surface area contributed by atoms with E-state index in [1.165, 1.54) is 18.1 Å². The second-order valence-electron chi connectivity index (χ2n) is 5.60. The minimum Gasteiger partial charge on any atom is -0.451 e. The molecule has 2 aromatic rings. The molecular weight excluding hydrogens is 363 g/mol. The van der Waals surface area contributed by atoms with Crippen LogP contribution in [0, 0.1) is 5.82 Å². The Morgan fingerprint density at radius 1 is 1.27 bits per heavy atom. The Morgan fingerprint density at radius 3 is 2.65 bits per heavy atom. The quantitative estimate of drug-likeness (QED) is 0.735. The van der Waals surface area contributed by atoms with Crippen molar-refractivity contribution < 1.29 is 28.2 Å². The van der Waals surface area contributed by atoms with Crippen LogP contribution in [0.1, 0.15) is 15.2 Å². The third kappa shape index (κ3) is 4.55. The number of benzene rings is 1. The molecule has 0 aliphatic heterocycles. The molecule has 2 rings (SSSR count). The summed E-state index contributed by atoms with van der Waals surface area (Å²) in [6.07, 6.45) is 0. The number of likely N-dealkylation sites (N-methyl/N-ethyl adjacent to an activating group) is 1. The molecule has 0 radical (unpaired) electrons. The van der Waals surface area contributed by atoms with E-state index in [1.54, 1.807) is 26.2 Å². The van der Waals surface area contributed by atoms with Gasteiger partial charge in [-0.3, -0.25) is 9.59 Å². The van der Waals surface area contributed by atoms with Gasteiger partial charge >= 0.3 is 5.97 Å². The number of carbonyl (C=O) groups is 3. The molecule has 0 saturated carbocycles. The number of fused-ring (bicyclic) bond motifs is 1. The fraction of sp³-hybridized carbons (Fsp3) is 0.353. The summed E-state index contributed by atoms with van der Waals surface area (Å²) in [5.74, 6) is -2.09. The normalized spacial score (nSPS) is 10.6. The van der Waals surface area contributed by atoms with Crippen molar-refractivity contribution in [1.82, 2.24) is 10.2 Å². The van der Waals surface area contributed by atoms with E-state index in [0.717, 1.165) is 11.3 Å². The SMILES string of the molecule is COCc1c(C(=O)OCC(=O)NCC(=O)N(C)C)sc2cccc(F)c12. The van der Waals surface area contributed by atoms with Crippen LogP contribution in [0.2, 0.25) is 0 Å². The molecule has 9 heteroatoms. The predicted molar refractivity (Wildman–Crippen MR) is 94.5 cm³/mol. The number of thiophene rings is 1. The van der Waals surface area contributed by atoms with Gasteiger partial charge in [0.05, 0.1) is 13.2 Å². The summed E-state index contributed by atoms with van der Waals surface area (Å²) in [7, 11) is 4.56. The van der Waals surface area contributed by atoms with Crippen LogP contribution in [-0.2, 0) is 25.7 Å². The number of esters is 1. The van der Waals surface area contributed by atoms with Crippen molar-refractivity contribution in [3.63, 3.8) is 0 Å². The minimum atomic E-state index is -0.744. The highest BCUT2D eigenvalue weighted by atomic mass is 32.1. The largest absolute Gasteiger partial charge is 0.451 e. The zero-order chi connectivity index (χ0) is 19.3.